The molecule has 1 aromatic heterocycles. The minimum Gasteiger partial charge on any atom is -0.305 e. The van der Waals surface area contributed by atoms with Crippen molar-refractivity contribution in [1.29, 1.82) is 0 Å². The number of halogens is 3. The third-order valence-electron chi connectivity index (χ3n) is 1.80. The van der Waals surface area contributed by atoms with Crippen LogP contribution in [0, 0.1) is 0 Å². The smallest absolute Gasteiger partial charge is 0.305 e. The van der Waals surface area contributed by atoms with Crippen LogP contribution in [0.4, 0.5) is 13.2 Å². The highest BCUT2D eigenvalue weighted by molar-refractivity contribution is 4.86. The standard InChI is InChI=1S/C9H15F3N4/c1-8(2,3)14-4-7-13-6-15-16(7)5-9(10,11)12/h6,14H,4-5H2,1-3H3. The molecule has 1 heterocycles. The van der Waals surface area contributed by atoms with E-state index in [2.05, 4.69) is 15.4 Å². The van der Waals surface area contributed by atoms with E-state index in [0.29, 0.717) is 0 Å². The zero-order valence-corrected chi connectivity index (χ0v) is 9.47. The van der Waals surface area contributed by atoms with Gasteiger partial charge in [0.1, 0.15) is 18.7 Å². The van der Waals surface area contributed by atoms with Gasteiger partial charge < -0.3 is 5.32 Å². The molecule has 0 unspecified atom stereocenters. The minimum atomic E-state index is -4.27. The summed E-state index contributed by atoms with van der Waals surface area (Å²) >= 11 is 0. The summed E-state index contributed by atoms with van der Waals surface area (Å²) in [6.45, 7) is 4.94. The molecular formula is C9H15F3N4. The van der Waals surface area contributed by atoms with Crippen molar-refractivity contribution in [3.05, 3.63) is 12.2 Å². The number of hydrogen-bond donors (Lipinski definition) is 1. The predicted octanol–water partition coefficient (Wildman–Crippen LogP) is 1.73. The summed E-state index contributed by atoms with van der Waals surface area (Å²) in [5.41, 5.74) is -0.172. The normalized spacial score (nSPS) is 13.1. The molecule has 1 N–H and O–H groups in total. The van der Waals surface area contributed by atoms with Crippen molar-refractivity contribution >= 4 is 0 Å². The van der Waals surface area contributed by atoms with Crippen molar-refractivity contribution in [1.82, 2.24) is 20.1 Å². The Balaban J connectivity index is 2.64. The van der Waals surface area contributed by atoms with Gasteiger partial charge in [-0.15, -0.1) is 0 Å². The maximum absolute atomic E-state index is 12.2. The van der Waals surface area contributed by atoms with Crippen molar-refractivity contribution in [3.8, 4) is 0 Å². The topological polar surface area (TPSA) is 42.7 Å². The second-order valence-electron chi connectivity index (χ2n) is 4.55. The van der Waals surface area contributed by atoms with Gasteiger partial charge in [-0.2, -0.15) is 18.3 Å². The van der Waals surface area contributed by atoms with Crippen LogP contribution in [0.15, 0.2) is 6.33 Å². The Morgan fingerprint density at radius 2 is 1.94 bits per heavy atom. The van der Waals surface area contributed by atoms with Gasteiger partial charge in [-0.3, -0.25) is 0 Å². The lowest BCUT2D eigenvalue weighted by molar-refractivity contribution is -0.143. The van der Waals surface area contributed by atoms with Crippen LogP contribution < -0.4 is 5.32 Å². The van der Waals surface area contributed by atoms with E-state index < -0.39 is 12.7 Å². The summed E-state index contributed by atoms with van der Waals surface area (Å²) in [4.78, 5) is 3.79. The maximum Gasteiger partial charge on any atom is 0.408 e. The Hall–Kier alpha value is -1.11. The molecule has 0 saturated carbocycles. The molecule has 1 rings (SSSR count). The van der Waals surface area contributed by atoms with Gasteiger partial charge in [0.05, 0.1) is 6.54 Å². The highest BCUT2D eigenvalue weighted by atomic mass is 19.4. The van der Waals surface area contributed by atoms with Crippen LogP contribution in [0.2, 0.25) is 0 Å². The van der Waals surface area contributed by atoms with Gasteiger partial charge in [-0.1, -0.05) is 0 Å². The fourth-order valence-electron chi connectivity index (χ4n) is 1.07. The lowest BCUT2D eigenvalue weighted by Gasteiger charge is -2.20. The number of hydrogen-bond acceptors (Lipinski definition) is 3. The summed E-state index contributed by atoms with van der Waals surface area (Å²) in [5.74, 6) is 0.284. The largest absolute Gasteiger partial charge is 0.408 e. The first-order valence-corrected chi connectivity index (χ1v) is 4.86. The van der Waals surface area contributed by atoms with E-state index in [1.807, 2.05) is 20.8 Å². The van der Waals surface area contributed by atoms with Crippen molar-refractivity contribution < 1.29 is 13.2 Å². The number of alkyl halides is 3. The molecule has 0 atom stereocenters. The average molecular weight is 236 g/mol. The number of aromatic nitrogens is 3. The fraction of sp³-hybridized carbons (Fsp3) is 0.778. The summed E-state index contributed by atoms with van der Waals surface area (Å²) < 4.78 is 37.4. The van der Waals surface area contributed by atoms with Gasteiger partial charge in [0, 0.05) is 5.54 Å². The van der Waals surface area contributed by atoms with Crippen LogP contribution in [0.3, 0.4) is 0 Å². The minimum absolute atomic E-state index is 0.172. The van der Waals surface area contributed by atoms with Crippen molar-refractivity contribution in [2.24, 2.45) is 0 Å². The summed E-state index contributed by atoms with van der Waals surface area (Å²) in [6.07, 6.45) is -3.14. The molecule has 92 valence electrons. The molecule has 16 heavy (non-hydrogen) atoms. The van der Waals surface area contributed by atoms with Crippen molar-refractivity contribution in [2.45, 2.75) is 45.6 Å². The van der Waals surface area contributed by atoms with Gasteiger partial charge in [-0.05, 0) is 20.8 Å². The first-order chi connectivity index (χ1) is 7.17. The Kier molecular flexibility index (Phi) is 3.57. The molecule has 0 amide bonds. The third-order valence-corrected chi connectivity index (χ3v) is 1.80. The van der Waals surface area contributed by atoms with Crippen molar-refractivity contribution in [2.75, 3.05) is 0 Å². The summed E-state index contributed by atoms with van der Waals surface area (Å²) in [5, 5.41) is 6.61. The van der Waals surface area contributed by atoms with Crippen LogP contribution in [-0.2, 0) is 13.1 Å². The SMILES string of the molecule is CC(C)(C)NCc1ncnn1CC(F)(F)F. The summed E-state index contributed by atoms with van der Waals surface area (Å²) in [7, 11) is 0. The molecule has 0 bridgehead atoms. The number of nitrogens with one attached hydrogen (secondary N) is 1. The molecule has 0 fully saturated rings. The van der Waals surface area contributed by atoms with Crippen molar-refractivity contribution in [3.63, 3.8) is 0 Å². The zero-order chi connectivity index (χ0) is 12.4. The van der Waals surface area contributed by atoms with Crippen LogP contribution >= 0.6 is 0 Å². The molecular weight excluding hydrogens is 221 g/mol. The van der Waals surface area contributed by atoms with E-state index >= 15 is 0 Å². The number of rotatable bonds is 3. The predicted molar refractivity (Wildman–Crippen MR) is 52.7 cm³/mol. The Labute approximate surface area is 91.9 Å². The molecule has 1 aromatic rings. The van der Waals surface area contributed by atoms with Gasteiger partial charge in [0.15, 0.2) is 0 Å². The second-order valence-corrected chi connectivity index (χ2v) is 4.55. The first-order valence-electron chi connectivity index (χ1n) is 4.86. The molecule has 0 aromatic carbocycles. The van der Waals surface area contributed by atoms with Gasteiger partial charge in [0.25, 0.3) is 0 Å². The molecule has 7 heteroatoms. The van der Waals surface area contributed by atoms with E-state index in [9.17, 15) is 13.2 Å². The average Bonchev–Trinajstić information content (AvgIpc) is 2.44. The lowest BCUT2D eigenvalue weighted by atomic mass is 10.1. The molecule has 0 aliphatic carbocycles. The quantitative estimate of drug-likeness (QED) is 0.869. The molecule has 0 spiro atoms. The van der Waals surface area contributed by atoms with Gasteiger partial charge in [-0.25, -0.2) is 9.67 Å². The Morgan fingerprint density at radius 1 is 1.31 bits per heavy atom. The van der Waals surface area contributed by atoms with Gasteiger partial charge >= 0.3 is 6.18 Å². The highest BCUT2D eigenvalue weighted by Gasteiger charge is 2.29. The highest BCUT2D eigenvalue weighted by Crippen LogP contribution is 2.17. The van der Waals surface area contributed by atoms with Crippen LogP contribution in [0.1, 0.15) is 26.6 Å². The Morgan fingerprint density at radius 3 is 2.44 bits per heavy atom. The molecule has 4 nitrogen and oxygen atoms in total. The van der Waals surface area contributed by atoms with E-state index in [1.165, 1.54) is 0 Å². The third kappa shape index (κ3) is 4.61. The Bertz CT molecular complexity index is 337. The van der Waals surface area contributed by atoms with E-state index in [4.69, 9.17) is 0 Å². The molecule has 0 saturated heterocycles. The number of nitrogens with zero attached hydrogens (tertiary/aromatic N) is 3. The molecule has 0 aliphatic heterocycles. The zero-order valence-electron chi connectivity index (χ0n) is 9.47. The second kappa shape index (κ2) is 4.40. The van der Waals surface area contributed by atoms with Crippen LogP contribution in [0.5, 0.6) is 0 Å². The fourth-order valence-corrected chi connectivity index (χ4v) is 1.07. The van der Waals surface area contributed by atoms with E-state index in [-0.39, 0.29) is 17.9 Å². The van der Waals surface area contributed by atoms with Gasteiger partial charge in [0.2, 0.25) is 0 Å². The summed E-state index contributed by atoms with van der Waals surface area (Å²) in [6, 6.07) is 0. The molecule has 0 aliphatic rings. The van der Waals surface area contributed by atoms with Crippen LogP contribution in [0.25, 0.3) is 0 Å². The van der Waals surface area contributed by atoms with E-state index in [0.717, 1.165) is 11.0 Å². The monoisotopic (exact) mass is 236 g/mol. The van der Waals surface area contributed by atoms with E-state index in [1.54, 1.807) is 0 Å². The van der Waals surface area contributed by atoms with Crippen LogP contribution in [-0.4, -0.2) is 26.5 Å². The lowest BCUT2D eigenvalue weighted by Crippen LogP contribution is -2.36. The maximum atomic E-state index is 12.2. The first kappa shape index (κ1) is 13.0. The molecule has 0 radical (unpaired) electrons.